The van der Waals surface area contributed by atoms with Crippen LogP contribution in [0.3, 0.4) is 0 Å². The molecule has 16 heavy (non-hydrogen) atoms. The van der Waals surface area contributed by atoms with Crippen molar-refractivity contribution in [3.8, 4) is 5.69 Å². The first-order valence-electron chi connectivity index (χ1n) is 5.65. The topological polar surface area (TPSA) is 29.9 Å². The second kappa shape index (κ2) is 3.76. The molecule has 0 unspecified atom stereocenters. The highest BCUT2D eigenvalue weighted by atomic mass is 15.1. The van der Waals surface area contributed by atoms with Gasteiger partial charge in [0.2, 0.25) is 0 Å². The van der Waals surface area contributed by atoms with Crippen molar-refractivity contribution in [3.63, 3.8) is 0 Å². The Labute approximate surface area is 95.1 Å². The Kier molecular flexibility index (Phi) is 2.26. The number of imidazole rings is 1. The molecule has 0 atom stereocenters. The summed E-state index contributed by atoms with van der Waals surface area (Å²) in [4.78, 5) is 4.28. The first kappa shape index (κ1) is 9.60. The Bertz CT molecular complexity index is 497. The van der Waals surface area contributed by atoms with Crippen molar-refractivity contribution in [3.05, 3.63) is 48.0 Å². The summed E-state index contributed by atoms with van der Waals surface area (Å²) in [6, 6.07) is 8.43. The van der Waals surface area contributed by atoms with E-state index in [1.165, 1.54) is 16.9 Å². The molecule has 3 rings (SSSR count). The third kappa shape index (κ3) is 1.44. The van der Waals surface area contributed by atoms with E-state index in [0.717, 1.165) is 13.1 Å². The Balaban J connectivity index is 2.06. The van der Waals surface area contributed by atoms with Gasteiger partial charge in [0.15, 0.2) is 0 Å². The normalized spacial score (nSPS) is 16.1. The van der Waals surface area contributed by atoms with E-state index in [4.69, 9.17) is 0 Å². The lowest BCUT2D eigenvalue weighted by Gasteiger charge is -2.28. The zero-order valence-corrected chi connectivity index (χ0v) is 9.35. The molecule has 0 bridgehead atoms. The Morgan fingerprint density at radius 2 is 2.12 bits per heavy atom. The van der Waals surface area contributed by atoms with Gasteiger partial charge in [-0.3, -0.25) is 0 Å². The lowest BCUT2D eigenvalue weighted by atomic mass is 9.99. The van der Waals surface area contributed by atoms with Gasteiger partial charge in [-0.05, 0) is 18.6 Å². The highest BCUT2D eigenvalue weighted by Crippen LogP contribution is 2.23. The lowest BCUT2D eigenvalue weighted by Crippen LogP contribution is -2.40. The molecule has 1 aromatic heterocycles. The summed E-state index contributed by atoms with van der Waals surface area (Å²) in [5.74, 6) is 0.613. The monoisotopic (exact) mass is 213 g/mol. The molecule has 0 spiro atoms. The van der Waals surface area contributed by atoms with E-state index >= 15 is 0 Å². The van der Waals surface area contributed by atoms with Crippen LogP contribution in [-0.2, 0) is 0 Å². The molecule has 2 aromatic rings. The third-order valence-electron chi connectivity index (χ3n) is 3.24. The zero-order chi connectivity index (χ0) is 11.0. The minimum atomic E-state index is 0.613. The maximum Gasteiger partial charge on any atom is 0.0994 e. The van der Waals surface area contributed by atoms with Crippen molar-refractivity contribution in [1.82, 2.24) is 14.9 Å². The predicted octanol–water partition coefficient (Wildman–Crippen LogP) is 1.87. The number of rotatable bonds is 2. The largest absolute Gasteiger partial charge is 0.315 e. The number of aryl methyl sites for hydroxylation is 1. The number of nitrogens with one attached hydrogen (secondary N) is 1. The van der Waals surface area contributed by atoms with E-state index < -0.39 is 0 Å². The quantitative estimate of drug-likeness (QED) is 0.825. The molecule has 0 amide bonds. The van der Waals surface area contributed by atoms with Crippen LogP contribution < -0.4 is 5.32 Å². The van der Waals surface area contributed by atoms with Crippen LogP contribution in [0.15, 0.2) is 36.8 Å². The fourth-order valence-corrected chi connectivity index (χ4v) is 2.14. The van der Waals surface area contributed by atoms with Crippen LogP contribution in [0.25, 0.3) is 5.69 Å². The molecule has 3 nitrogen and oxygen atoms in total. The average Bonchev–Trinajstić information content (AvgIpc) is 2.65. The molecule has 0 aliphatic carbocycles. The molecule has 82 valence electrons. The van der Waals surface area contributed by atoms with Gasteiger partial charge in [-0.15, -0.1) is 0 Å². The Morgan fingerprint density at radius 3 is 2.81 bits per heavy atom. The Morgan fingerprint density at radius 1 is 1.31 bits per heavy atom. The van der Waals surface area contributed by atoms with Gasteiger partial charge in [-0.25, -0.2) is 4.98 Å². The minimum absolute atomic E-state index is 0.613. The van der Waals surface area contributed by atoms with Gasteiger partial charge in [0.05, 0.1) is 6.33 Å². The molecular weight excluding hydrogens is 198 g/mol. The van der Waals surface area contributed by atoms with Gasteiger partial charge < -0.3 is 9.88 Å². The van der Waals surface area contributed by atoms with Crippen LogP contribution in [0, 0.1) is 6.92 Å². The minimum Gasteiger partial charge on any atom is -0.315 e. The van der Waals surface area contributed by atoms with E-state index in [2.05, 4.69) is 46.1 Å². The maximum atomic E-state index is 4.28. The van der Waals surface area contributed by atoms with Crippen LogP contribution in [0.2, 0.25) is 0 Å². The van der Waals surface area contributed by atoms with Crippen molar-refractivity contribution in [1.29, 1.82) is 0 Å². The molecule has 1 aromatic carbocycles. The van der Waals surface area contributed by atoms with Crippen molar-refractivity contribution in [2.75, 3.05) is 13.1 Å². The van der Waals surface area contributed by atoms with Crippen LogP contribution in [0.1, 0.15) is 17.2 Å². The van der Waals surface area contributed by atoms with Crippen LogP contribution in [-0.4, -0.2) is 22.6 Å². The maximum absolute atomic E-state index is 4.28. The lowest BCUT2D eigenvalue weighted by molar-refractivity contribution is 0.435. The first-order chi connectivity index (χ1) is 7.86. The van der Waals surface area contributed by atoms with Crippen molar-refractivity contribution >= 4 is 0 Å². The van der Waals surface area contributed by atoms with Crippen LogP contribution >= 0.6 is 0 Å². The molecule has 0 saturated carbocycles. The zero-order valence-electron chi connectivity index (χ0n) is 9.35. The molecular formula is C13H15N3. The standard InChI is InChI=1S/C13H15N3/c1-10-4-2-3-5-12(10)16-9-15-8-13(16)11-6-14-7-11/h2-5,8-9,11,14H,6-7H2,1H3. The number of hydrogen-bond acceptors (Lipinski definition) is 2. The molecule has 1 aliphatic heterocycles. The number of para-hydroxylation sites is 1. The van der Waals surface area contributed by atoms with E-state index in [1.807, 2.05) is 12.5 Å². The second-order valence-corrected chi connectivity index (χ2v) is 4.33. The van der Waals surface area contributed by atoms with Crippen molar-refractivity contribution in [2.45, 2.75) is 12.8 Å². The molecule has 1 saturated heterocycles. The summed E-state index contributed by atoms with van der Waals surface area (Å²) < 4.78 is 2.21. The Hall–Kier alpha value is -1.61. The molecule has 3 heteroatoms. The number of benzene rings is 1. The van der Waals surface area contributed by atoms with E-state index in [0.29, 0.717) is 5.92 Å². The van der Waals surface area contributed by atoms with Gasteiger partial charge in [-0.2, -0.15) is 0 Å². The van der Waals surface area contributed by atoms with Gasteiger partial charge >= 0.3 is 0 Å². The molecule has 1 N–H and O–H groups in total. The van der Waals surface area contributed by atoms with Gasteiger partial charge in [0, 0.05) is 36.6 Å². The summed E-state index contributed by atoms with van der Waals surface area (Å²) in [7, 11) is 0. The van der Waals surface area contributed by atoms with Crippen molar-refractivity contribution < 1.29 is 0 Å². The van der Waals surface area contributed by atoms with E-state index in [9.17, 15) is 0 Å². The molecule has 0 radical (unpaired) electrons. The number of aromatic nitrogens is 2. The fourth-order valence-electron chi connectivity index (χ4n) is 2.14. The SMILES string of the molecule is Cc1ccccc1-n1cncc1C1CNC1. The number of hydrogen-bond donors (Lipinski definition) is 1. The summed E-state index contributed by atoms with van der Waals surface area (Å²) in [5, 5.41) is 3.30. The molecule has 1 fully saturated rings. The van der Waals surface area contributed by atoms with Gasteiger partial charge in [0.1, 0.15) is 0 Å². The van der Waals surface area contributed by atoms with Gasteiger partial charge in [0.25, 0.3) is 0 Å². The van der Waals surface area contributed by atoms with Crippen LogP contribution in [0.5, 0.6) is 0 Å². The summed E-state index contributed by atoms with van der Waals surface area (Å²) in [5.41, 5.74) is 3.84. The second-order valence-electron chi connectivity index (χ2n) is 4.33. The predicted molar refractivity (Wildman–Crippen MR) is 63.9 cm³/mol. The van der Waals surface area contributed by atoms with Crippen molar-refractivity contribution in [2.24, 2.45) is 0 Å². The highest BCUT2D eigenvalue weighted by Gasteiger charge is 2.22. The number of nitrogens with zero attached hydrogens (tertiary/aromatic N) is 2. The molecule has 1 aliphatic rings. The fraction of sp³-hybridized carbons (Fsp3) is 0.308. The average molecular weight is 213 g/mol. The summed E-state index contributed by atoms with van der Waals surface area (Å²) in [6.45, 7) is 4.27. The smallest absolute Gasteiger partial charge is 0.0994 e. The molecule has 2 heterocycles. The third-order valence-corrected chi connectivity index (χ3v) is 3.24. The highest BCUT2D eigenvalue weighted by molar-refractivity contribution is 5.42. The summed E-state index contributed by atoms with van der Waals surface area (Å²) >= 11 is 0. The summed E-state index contributed by atoms with van der Waals surface area (Å²) in [6.07, 6.45) is 3.90. The van der Waals surface area contributed by atoms with Gasteiger partial charge in [-0.1, -0.05) is 18.2 Å². The van der Waals surface area contributed by atoms with Crippen LogP contribution in [0.4, 0.5) is 0 Å². The van der Waals surface area contributed by atoms with E-state index in [1.54, 1.807) is 0 Å². The first-order valence-corrected chi connectivity index (χ1v) is 5.65. The van der Waals surface area contributed by atoms with E-state index in [-0.39, 0.29) is 0 Å².